The third-order valence-corrected chi connectivity index (χ3v) is 6.12. The molecule has 164 valence electrons. The van der Waals surface area contributed by atoms with Gasteiger partial charge in [0.05, 0.1) is 22.8 Å². The quantitative estimate of drug-likeness (QED) is 0.604. The second kappa shape index (κ2) is 9.60. The molecule has 4 rings (SSSR count). The van der Waals surface area contributed by atoms with E-state index in [4.69, 9.17) is 4.98 Å². The molecule has 0 spiro atoms. The summed E-state index contributed by atoms with van der Waals surface area (Å²) in [5, 5.41) is 8.63. The molecule has 0 atom stereocenters. The smallest absolute Gasteiger partial charge is 0.252 e. The SMILES string of the molecule is CCCCN1CCC(NC(=O)c2cc(-c3ccccc3)nc3c2cnn3C(C)C)CC1. The van der Waals surface area contributed by atoms with Crippen LogP contribution in [0.5, 0.6) is 0 Å². The Bertz CT molecular complexity index is 1020. The molecule has 1 aromatic carbocycles. The molecule has 0 radical (unpaired) electrons. The van der Waals surface area contributed by atoms with Gasteiger partial charge in [0.2, 0.25) is 0 Å². The zero-order valence-electron chi connectivity index (χ0n) is 18.8. The first-order valence-corrected chi connectivity index (χ1v) is 11.5. The number of amides is 1. The van der Waals surface area contributed by atoms with Gasteiger partial charge in [-0.25, -0.2) is 9.67 Å². The van der Waals surface area contributed by atoms with Gasteiger partial charge >= 0.3 is 0 Å². The number of carbonyl (C=O) groups excluding carboxylic acids is 1. The Morgan fingerprint density at radius 2 is 1.94 bits per heavy atom. The van der Waals surface area contributed by atoms with Crippen LogP contribution in [0.3, 0.4) is 0 Å². The first-order valence-electron chi connectivity index (χ1n) is 11.5. The Morgan fingerprint density at radius 1 is 1.19 bits per heavy atom. The van der Waals surface area contributed by atoms with Crippen LogP contribution in [0.15, 0.2) is 42.6 Å². The van der Waals surface area contributed by atoms with Crippen molar-refractivity contribution in [1.29, 1.82) is 0 Å². The third-order valence-electron chi connectivity index (χ3n) is 6.12. The number of nitrogens with one attached hydrogen (secondary N) is 1. The standard InChI is InChI=1S/C25H33N5O/c1-4-5-13-29-14-11-20(12-15-29)27-25(31)21-16-23(19-9-7-6-8-10-19)28-24-22(21)17-26-30(24)18(2)3/h6-10,16-18,20H,4-5,11-15H2,1-3H3,(H,27,31). The topological polar surface area (TPSA) is 63.1 Å². The van der Waals surface area contributed by atoms with E-state index in [1.54, 1.807) is 6.20 Å². The second-order valence-electron chi connectivity index (χ2n) is 8.78. The predicted octanol–water partition coefficient (Wildman–Crippen LogP) is 4.67. The minimum absolute atomic E-state index is 0.0279. The van der Waals surface area contributed by atoms with Crippen molar-refractivity contribution in [2.45, 2.75) is 58.5 Å². The molecule has 1 fully saturated rings. The van der Waals surface area contributed by atoms with Crippen molar-refractivity contribution in [3.63, 3.8) is 0 Å². The van der Waals surface area contributed by atoms with E-state index in [-0.39, 0.29) is 18.0 Å². The van der Waals surface area contributed by atoms with Gasteiger partial charge in [0.25, 0.3) is 5.91 Å². The average molecular weight is 420 g/mol. The number of aromatic nitrogens is 3. The van der Waals surface area contributed by atoms with Crippen molar-refractivity contribution in [2.24, 2.45) is 0 Å². The lowest BCUT2D eigenvalue weighted by Crippen LogP contribution is -2.44. The van der Waals surface area contributed by atoms with E-state index in [1.807, 2.05) is 41.1 Å². The van der Waals surface area contributed by atoms with Crippen molar-refractivity contribution in [2.75, 3.05) is 19.6 Å². The summed E-state index contributed by atoms with van der Waals surface area (Å²) in [6.07, 6.45) is 6.25. The van der Waals surface area contributed by atoms with Gasteiger partial charge in [-0.05, 0) is 45.7 Å². The van der Waals surface area contributed by atoms with Crippen LogP contribution in [0.25, 0.3) is 22.3 Å². The Hall–Kier alpha value is -2.73. The van der Waals surface area contributed by atoms with Crippen LogP contribution >= 0.6 is 0 Å². The molecule has 1 aliphatic rings. The minimum Gasteiger partial charge on any atom is -0.349 e. The van der Waals surface area contributed by atoms with Gasteiger partial charge in [-0.2, -0.15) is 5.10 Å². The van der Waals surface area contributed by atoms with Gasteiger partial charge < -0.3 is 10.2 Å². The first-order chi connectivity index (χ1) is 15.1. The number of benzene rings is 1. The number of hydrogen-bond acceptors (Lipinski definition) is 4. The molecule has 0 aliphatic carbocycles. The highest BCUT2D eigenvalue weighted by molar-refractivity contribution is 6.06. The number of nitrogens with zero attached hydrogens (tertiary/aromatic N) is 4. The molecular formula is C25H33N5O. The van der Waals surface area contributed by atoms with Gasteiger partial charge in [-0.3, -0.25) is 4.79 Å². The summed E-state index contributed by atoms with van der Waals surface area (Å²) in [5.41, 5.74) is 3.22. The number of unbranched alkanes of at least 4 members (excludes halogenated alkanes) is 1. The molecule has 6 heteroatoms. The third kappa shape index (κ3) is 4.79. The van der Waals surface area contributed by atoms with Gasteiger partial charge in [0.1, 0.15) is 0 Å². The molecule has 3 heterocycles. The molecule has 1 saturated heterocycles. The molecule has 0 saturated carbocycles. The Morgan fingerprint density at radius 3 is 2.61 bits per heavy atom. The van der Waals surface area contributed by atoms with Crippen LogP contribution < -0.4 is 5.32 Å². The first kappa shape index (κ1) is 21.5. The van der Waals surface area contributed by atoms with E-state index in [9.17, 15) is 4.79 Å². The number of hydrogen-bond donors (Lipinski definition) is 1. The normalized spacial score (nSPS) is 15.6. The van der Waals surface area contributed by atoms with Gasteiger partial charge in [-0.1, -0.05) is 43.7 Å². The number of fused-ring (bicyclic) bond motifs is 1. The molecule has 31 heavy (non-hydrogen) atoms. The van der Waals surface area contributed by atoms with Crippen LogP contribution in [0.4, 0.5) is 0 Å². The van der Waals surface area contributed by atoms with Crippen molar-refractivity contribution in [3.8, 4) is 11.3 Å². The molecule has 0 bridgehead atoms. The number of piperidine rings is 1. The zero-order valence-corrected chi connectivity index (χ0v) is 18.8. The predicted molar refractivity (Wildman–Crippen MR) is 125 cm³/mol. The fraction of sp³-hybridized carbons (Fsp3) is 0.480. The van der Waals surface area contributed by atoms with Crippen LogP contribution in [-0.2, 0) is 0 Å². The fourth-order valence-corrected chi connectivity index (χ4v) is 4.29. The van der Waals surface area contributed by atoms with Crippen molar-refractivity contribution in [3.05, 3.63) is 48.2 Å². The van der Waals surface area contributed by atoms with Crippen molar-refractivity contribution in [1.82, 2.24) is 25.0 Å². The second-order valence-corrected chi connectivity index (χ2v) is 8.78. The highest BCUT2D eigenvalue weighted by atomic mass is 16.1. The van der Waals surface area contributed by atoms with Crippen molar-refractivity contribution >= 4 is 16.9 Å². The van der Waals surface area contributed by atoms with Crippen LogP contribution in [0, 0.1) is 0 Å². The van der Waals surface area contributed by atoms with Gasteiger partial charge in [-0.15, -0.1) is 0 Å². The van der Waals surface area contributed by atoms with E-state index in [0.717, 1.165) is 54.8 Å². The lowest BCUT2D eigenvalue weighted by molar-refractivity contribution is 0.0912. The largest absolute Gasteiger partial charge is 0.349 e. The number of likely N-dealkylation sites (tertiary alicyclic amines) is 1. The van der Waals surface area contributed by atoms with E-state index in [0.29, 0.717) is 5.56 Å². The molecule has 1 amide bonds. The van der Waals surface area contributed by atoms with Gasteiger partial charge in [0, 0.05) is 30.7 Å². The molecule has 1 N–H and O–H groups in total. The highest BCUT2D eigenvalue weighted by Gasteiger charge is 2.23. The van der Waals surface area contributed by atoms with Crippen LogP contribution in [0.1, 0.15) is 62.9 Å². The zero-order chi connectivity index (χ0) is 21.8. The molecule has 3 aromatic rings. The molecule has 6 nitrogen and oxygen atoms in total. The minimum atomic E-state index is -0.0279. The summed E-state index contributed by atoms with van der Waals surface area (Å²) < 4.78 is 1.89. The maximum Gasteiger partial charge on any atom is 0.252 e. The van der Waals surface area contributed by atoms with Crippen molar-refractivity contribution < 1.29 is 4.79 Å². The Balaban J connectivity index is 1.60. The maximum atomic E-state index is 13.4. The summed E-state index contributed by atoms with van der Waals surface area (Å²) in [6, 6.07) is 12.3. The highest BCUT2D eigenvalue weighted by Crippen LogP contribution is 2.26. The Labute approximate surface area is 184 Å². The average Bonchev–Trinajstić information content (AvgIpc) is 3.23. The van der Waals surface area contributed by atoms with E-state index in [1.165, 1.54) is 12.8 Å². The lowest BCUT2D eigenvalue weighted by Gasteiger charge is -2.32. The summed E-state index contributed by atoms with van der Waals surface area (Å²) >= 11 is 0. The summed E-state index contributed by atoms with van der Waals surface area (Å²) in [5.74, 6) is -0.0279. The van der Waals surface area contributed by atoms with E-state index in [2.05, 4.69) is 36.1 Å². The summed E-state index contributed by atoms with van der Waals surface area (Å²) in [7, 11) is 0. The van der Waals surface area contributed by atoms with Crippen LogP contribution in [-0.4, -0.2) is 51.2 Å². The summed E-state index contributed by atoms with van der Waals surface area (Å²) in [6.45, 7) is 9.66. The van der Waals surface area contributed by atoms with E-state index >= 15 is 0 Å². The molecule has 1 aliphatic heterocycles. The van der Waals surface area contributed by atoms with E-state index < -0.39 is 0 Å². The monoisotopic (exact) mass is 419 g/mol. The van der Waals surface area contributed by atoms with Crippen LogP contribution in [0.2, 0.25) is 0 Å². The molecule has 0 unspecified atom stereocenters. The number of carbonyl (C=O) groups is 1. The molecule has 2 aromatic heterocycles. The number of rotatable bonds is 7. The lowest BCUT2D eigenvalue weighted by atomic mass is 10.0. The number of pyridine rings is 1. The maximum absolute atomic E-state index is 13.4. The fourth-order valence-electron chi connectivity index (χ4n) is 4.29. The summed E-state index contributed by atoms with van der Waals surface area (Å²) in [4.78, 5) is 20.7. The molecular weight excluding hydrogens is 386 g/mol. The van der Waals surface area contributed by atoms with Gasteiger partial charge in [0.15, 0.2) is 5.65 Å². The Kier molecular flexibility index (Phi) is 6.66.